The molecule has 0 saturated heterocycles. The lowest BCUT2D eigenvalue weighted by Crippen LogP contribution is -2.44. The zero-order valence-electron chi connectivity index (χ0n) is 12.7. The molecule has 0 aliphatic carbocycles. The van der Waals surface area contributed by atoms with Crippen molar-refractivity contribution in [2.45, 2.75) is 12.5 Å². The number of halogens is 2. The van der Waals surface area contributed by atoms with Crippen LogP contribution in [0.2, 0.25) is 0 Å². The third-order valence-corrected chi connectivity index (χ3v) is 3.31. The molecule has 2 rings (SSSR count). The molecule has 6 heteroatoms. The van der Waals surface area contributed by atoms with E-state index in [4.69, 9.17) is 5.73 Å². The summed E-state index contributed by atoms with van der Waals surface area (Å²) in [6, 6.07) is 10.9. The van der Waals surface area contributed by atoms with E-state index in [0.717, 1.165) is 17.7 Å². The Morgan fingerprint density at radius 3 is 2.46 bits per heavy atom. The molecule has 0 unspecified atom stereocenters. The number of benzene rings is 2. The van der Waals surface area contributed by atoms with Crippen LogP contribution in [-0.2, 0) is 4.79 Å². The third-order valence-electron chi connectivity index (χ3n) is 3.31. The Labute approximate surface area is 138 Å². The summed E-state index contributed by atoms with van der Waals surface area (Å²) in [5, 5.41) is 2.35. The fourth-order valence-corrected chi connectivity index (χ4v) is 2.06. The monoisotopic (exact) mass is 330 g/mol. The zero-order valence-corrected chi connectivity index (χ0v) is 12.7. The molecule has 2 aromatic rings. The number of primary amides is 1. The van der Waals surface area contributed by atoms with Crippen LogP contribution >= 0.6 is 0 Å². The number of rotatable bonds is 6. The molecule has 4 nitrogen and oxygen atoms in total. The molecule has 0 spiro atoms. The average Bonchev–Trinajstić information content (AvgIpc) is 2.54. The van der Waals surface area contributed by atoms with Gasteiger partial charge in [-0.15, -0.1) is 0 Å². The first-order valence-electron chi connectivity index (χ1n) is 7.24. The number of amides is 2. The number of carbonyl (C=O) groups excluding carboxylic acids is 2. The maximum Gasteiger partial charge on any atom is 0.254 e. The first-order valence-corrected chi connectivity index (χ1v) is 7.24. The molecule has 0 radical (unpaired) electrons. The van der Waals surface area contributed by atoms with Gasteiger partial charge in [0.25, 0.3) is 5.91 Å². The van der Waals surface area contributed by atoms with Crippen molar-refractivity contribution in [3.05, 3.63) is 77.4 Å². The Hall–Kier alpha value is -3.02. The molecule has 1 atom stereocenters. The highest BCUT2D eigenvalue weighted by atomic mass is 19.1. The Morgan fingerprint density at radius 2 is 1.83 bits per heavy atom. The van der Waals surface area contributed by atoms with E-state index in [1.54, 1.807) is 12.2 Å². The number of nitrogens with two attached hydrogens (primary N) is 1. The van der Waals surface area contributed by atoms with Crippen molar-refractivity contribution in [2.24, 2.45) is 5.73 Å². The van der Waals surface area contributed by atoms with Crippen LogP contribution in [0, 0.1) is 11.6 Å². The van der Waals surface area contributed by atoms with Crippen LogP contribution in [0.4, 0.5) is 8.78 Å². The molecule has 0 aliphatic rings. The number of carbonyl (C=O) groups is 2. The average molecular weight is 330 g/mol. The van der Waals surface area contributed by atoms with Crippen LogP contribution in [0.1, 0.15) is 22.3 Å². The van der Waals surface area contributed by atoms with E-state index in [1.807, 2.05) is 30.3 Å². The van der Waals surface area contributed by atoms with Crippen LogP contribution in [0.3, 0.4) is 0 Å². The molecule has 0 saturated carbocycles. The molecular formula is C18H16F2N2O2. The van der Waals surface area contributed by atoms with Crippen molar-refractivity contribution >= 4 is 17.9 Å². The van der Waals surface area contributed by atoms with Gasteiger partial charge < -0.3 is 11.1 Å². The van der Waals surface area contributed by atoms with Crippen molar-refractivity contribution in [3.8, 4) is 0 Å². The highest BCUT2D eigenvalue weighted by molar-refractivity contribution is 5.97. The second kappa shape index (κ2) is 8.01. The molecule has 124 valence electrons. The fourth-order valence-electron chi connectivity index (χ4n) is 2.06. The lowest BCUT2D eigenvalue weighted by atomic mass is 10.1. The molecule has 0 aliphatic heterocycles. The van der Waals surface area contributed by atoms with Crippen molar-refractivity contribution in [1.29, 1.82) is 0 Å². The molecule has 0 bridgehead atoms. The summed E-state index contributed by atoms with van der Waals surface area (Å²) in [4.78, 5) is 23.5. The molecule has 24 heavy (non-hydrogen) atoms. The van der Waals surface area contributed by atoms with Gasteiger partial charge in [0.05, 0.1) is 5.56 Å². The van der Waals surface area contributed by atoms with Gasteiger partial charge in [-0.25, -0.2) is 8.78 Å². The van der Waals surface area contributed by atoms with Crippen molar-refractivity contribution in [3.63, 3.8) is 0 Å². The molecule has 0 fully saturated rings. The summed E-state index contributed by atoms with van der Waals surface area (Å²) in [5.74, 6) is -3.37. The summed E-state index contributed by atoms with van der Waals surface area (Å²) in [6.07, 6.45) is 3.62. The van der Waals surface area contributed by atoms with E-state index in [0.29, 0.717) is 6.07 Å². The second-order valence-corrected chi connectivity index (χ2v) is 5.10. The lowest BCUT2D eigenvalue weighted by Gasteiger charge is -2.14. The number of nitrogens with one attached hydrogen (secondary N) is 1. The van der Waals surface area contributed by atoms with E-state index in [1.165, 1.54) is 0 Å². The van der Waals surface area contributed by atoms with E-state index in [9.17, 15) is 18.4 Å². The summed E-state index contributed by atoms with van der Waals surface area (Å²) in [7, 11) is 0. The van der Waals surface area contributed by atoms with Crippen LogP contribution < -0.4 is 11.1 Å². The van der Waals surface area contributed by atoms with E-state index < -0.39 is 29.5 Å². The minimum absolute atomic E-state index is 0.152. The van der Waals surface area contributed by atoms with Crippen molar-refractivity contribution in [2.75, 3.05) is 0 Å². The molecule has 0 aromatic heterocycles. The van der Waals surface area contributed by atoms with Crippen LogP contribution in [0.15, 0.2) is 54.6 Å². The predicted molar refractivity (Wildman–Crippen MR) is 86.9 cm³/mol. The minimum atomic E-state index is -1.00. The van der Waals surface area contributed by atoms with Gasteiger partial charge in [-0.3, -0.25) is 9.59 Å². The Bertz CT molecular complexity index is 761. The molecule has 3 N–H and O–H groups in total. The standard InChI is InChI=1S/C18H16F2N2O2/c19-13-9-10-14(15(20)11-13)18(24)22-16(17(21)23)8-4-7-12-5-2-1-3-6-12/h1-7,9-11,16H,8H2,(H2,21,23)(H,22,24)/b7-4+/t16-/m0/s1. The summed E-state index contributed by atoms with van der Waals surface area (Å²) in [6.45, 7) is 0. The molecule has 0 heterocycles. The van der Waals surface area contributed by atoms with Gasteiger partial charge in [-0.1, -0.05) is 42.5 Å². The smallest absolute Gasteiger partial charge is 0.254 e. The first kappa shape index (κ1) is 17.3. The van der Waals surface area contributed by atoms with Crippen molar-refractivity contribution in [1.82, 2.24) is 5.32 Å². The van der Waals surface area contributed by atoms with Gasteiger partial charge in [0.2, 0.25) is 5.91 Å². The zero-order chi connectivity index (χ0) is 17.5. The largest absolute Gasteiger partial charge is 0.368 e. The van der Waals surface area contributed by atoms with Gasteiger partial charge in [-0.2, -0.15) is 0 Å². The normalized spacial score (nSPS) is 12.1. The number of hydrogen-bond acceptors (Lipinski definition) is 2. The third kappa shape index (κ3) is 4.74. The highest BCUT2D eigenvalue weighted by Gasteiger charge is 2.20. The maximum absolute atomic E-state index is 13.6. The quantitative estimate of drug-likeness (QED) is 0.855. The number of hydrogen-bond donors (Lipinski definition) is 2. The summed E-state index contributed by atoms with van der Waals surface area (Å²) in [5.41, 5.74) is 5.84. The molecular weight excluding hydrogens is 314 g/mol. The van der Waals surface area contributed by atoms with Crippen molar-refractivity contribution < 1.29 is 18.4 Å². The minimum Gasteiger partial charge on any atom is -0.368 e. The lowest BCUT2D eigenvalue weighted by molar-refractivity contribution is -0.119. The van der Waals surface area contributed by atoms with Crippen LogP contribution in [-0.4, -0.2) is 17.9 Å². The van der Waals surface area contributed by atoms with Gasteiger partial charge in [0.1, 0.15) is 17.7 Å². The fraction of sp³-hybridized carbons (Fsp3) is 0.111. The highest BCUT2D eigenvalue weighted by Crippen LogP contribution is 2.10. The van der Waals surface area contributed by atoms with E-state index >= 15 is 0 Å². The Kier molecular flexibility index (Phi) is 5.78. The second-order valence-electron chi connectivity index (χ2n) is 5.10. The van der Waals surface area contributed by atoms with E-state index in [2.05, 4.69) is 5.32 Å². The van der Waals surface area contributed by atoms with Gasteiger partial charge in [0.15, 0.2) is 0 Å². The Morgan fingerprint density at radius 1 is 1.12 bits per heavy atom. The van der Waals surface area contributed by atoms with Crippen LogP contribution in [0.25, 0.3) is 6.08 Å². The maximum atomic E-state index is 13.6. The van der Waals surface area contributed by atoms with Gasteiger partial charge in [0, 0.05) is 6.07 Å². The molecule has 2 aromatic carbocycles. The van der Waals surface area contributed by atoms with E-state index in [-0.39, 0.29) is 12.0 Å². The summed E-state index contributed by atoms with van der Waals surface area (Å²) >= 11 is 0. The Balaban J connectivity index is 2.04. The summed E-state index contributed by atoms with van der Waals surface area (Å²) < 4.78 is 26.5. The van der Waals surface area contributed by atoms with Gasteiger partial charge >= 0.3 is 0 Å². The predicted octanol–water partition coefficient (Wildman–Crippen LogP) is 2.65. The van der Waals surface area contributed by atoms with Crippen LogP contribution in [0.5, 0.6) is 0 Å². The SMILES string of the molecule is NC(=O)[C@H](C/C=C/c1ccccc1)NC(=O)c1ccc(F)cc1F. The topological polar surface area (TPSA) is 72.2 Å². The van der Waals surface area contributed by atoms with Gasteiger partial charge in [-0.05, 0) is 24.1 Å². The first-order chi connectivity index (χ1) is 11.5. The molecule has 2 amide bonds.